The lowest BCUT2D eigenvalue weighted by Gasteiger charge is -2.35. The zero-order chi connectivity index (χ0) is 10.6. The van der Waals surface area contributed by atoms with Crippen LogP contribution in [-0.4, -0.2) is 11.4 Å². The highest BCUT2D eigenvalue weighted by Gasteiger charge is 2.34. The average Bonchev–Trinajstić information content (AvgIpc) is 2.17. The van der Waals surface area contributed by atoms with Crippen LogP contribution in [0.2, 0.25) is 0 Å². The molecule has 14 heavy (non-hydrogen) atoms. The summed E-state index contributed by atoms with van der Waals surface area (Å²) in [7, 11) is 0. The van der Waals surface area contributed by atoms with Crippen LogP contribution in [0.3, 0.4) is 0 Å². The standard InChI is InChI=1S/C12H20O2/c1-4-10(3)8-12(5-2)9-11(13)6-7-14-12/h6-7,10H,4-5,8-9H2,1-3H3. The smallest absolute Gasteiger partial charge is 0.162 e. The topological polar surface area (TPSA) is 26.3 Å². The van der Waals surface area contributed by atoms with Gasteiger partial charge in [-0.3, -0.25) is 4.79 Å². The Kier molecular flexibility index (Phi) is 3.73. The largest absolute Gasteiger partial charge is 0.494 e. The molecule has 2 nitrogen and oxygen atoms in total. The molecule has 1 rings (SSSR count). The van der Waals surface area contributed by atoms with Crippen LogP contribution in [0.4, 0.5) is 0 Å². The van der Waals surface area contributed by atoms with E-state index in [1.807, 2.05) is 0 Å². The second-order valence-corrected chi connectivity index (χ2v) is 4.32. The van der Waals surface area contributed by atoms with E-state index in [1.165, 1.54) is 6.08 Å². The van der Waals surface area contributed by atoms with E-state index in [2.05, 4.69) is 20.8 Å². The number of rotatable bonds is 4. The molecule has 0 saturated carbocycles. The molecule has 1 aliphatic rings. The molecule has 1 heterocycles. The first kappa shape index (κ1) is 11.3. The van der Waals surface area contributed by atoms with Gasteiger partial charge in [-0.1, -0.05) is 27.2 Å². The zero-order valence-electron chi connectivity index (χ0n) is 9.38. The van der Waals surface area contributed by atoms with Crippen LogP contribution >= 0.6 is 0 Å². The number of hydrogen-bond donors (Lipinski definition) is 0. The van der Waals surface area contributed by atoms with Gasteiger partial charge in [-0.05, 0) is 18.8 Å². The van der Waals surface area contributed by atoms with Crippen molar-refractivity contribution in [3.8, 4) is 0 Å². The fourth-order valence-corrected chi connectivity index (χ4v) is 1.92. The monoisotopic (exact) mass is 196 g/mol. The molecule has 0 aromatic carbocycles. The van der Waals surface area contributed by atoms with Gasteiger partial charge >= 0.3 is 0 Å². The van der Waals surface area contributed by atoms with Gasteiger partial charge in [0, 0.05) is 6.08 Å². The summed E-state index contributed by atoms with van der Waals surface area (Å²) in [5.41, 5.74) is -0.221. The van der Waals surface area contributed by atoms with E-state index in [0.29, 0.717) is 12.3 Å². The van der Waals surface area contributed by atoms with Gasteiger partial charge in [0.25, 0.3) is 0 Å². The number of ketones is 1. The summed E-state index contributed by atoms with van der Waals surface area (Å²) in [6, 6.07) is 0. The highest BCUT2D eigenvalue weighted by Crippen LogP contribution is 2.32. The Bertz CT molecular complexity index is 232. The van der Waals surface area contributed by atoms with Crippen molar-refractivity contribution in [2.75, 3.05) is 0 Å². The number of hydrogen-bond acceptors (Lipinski definition) is 2. The molecule has 0 saturated heterocycles. The quantitative estimate of drug-likeness (QED) is 0.690. The Morgan fingerprint density at radius 1 is 1.57 bits per heavy atom. The fraction of sp³-hybridized carbons (Fsp3) is 0.750. The van der Waals surface area contributed by atoms with Gasteiger partial charge in [-0.2, -0.15) is 0 Å². The molecular weight excluding hydrogens is 176 g/mol. The molecule has 0 N–H and O–H groups in total. The van der Waals surface area contributed by atoms with Gasteiger partial charge in [-0.15, -0.1) is 0 Å². The minimum Gasteiger partial charge on any atom is -0.494 e. The van der Waals surface area contributed by atoms with E-state index in [4.69, 9.17) is 4.74 Å². The maximum absolute atomic E-state index is 11.3. The third-order valence-corrected chi connectivity index (χ3v) is 3.13. The summed E-state index contributed by atoms with van der Waals surface area (Å²) in [5, 5.41) is 0. The summed E-state index contributed by atoms with van der Waals surface area (Å²) >= 11 is 0. The highest BCUT2D eigenvalue weighted by atomic mass is 16.5. The van der Waals surface area contributed by atoms with Gasteiger partial charge in [0.05, 0.1) is 12.7 Å². The van der Waals surface area contributed by atoms with Crippen molar-refractivity contribution >= 4 is 5.78 Å². The number of carbonyl (C=O) groups is 1. The third-order valence-electron chi connectivity index (χ3n) is 3.13. The van der Waals surface area contributed by atoms with Gasteiger partial charge < -0.3 is 4.74 Å². The van der Waals surface area contributed by atoms with Crippen molar-refractivity contribution in [1.29, 1.82) is 0 Å². The Morgan fingerprint density at radius 3 is 2.79 bits per heavy atom. The van der Waals surface area contributed by atoms with E-state index >= 15 is 0 Å². The molecule has 1 aliphatic heterocycles. The molecule has 0 aromatic rings. The summed E-state index contributed by atoms with van der Waals surface area (Å²) in [6.45, 7) is 6.48. The molecule has 80 valence electrons. The Hall–Kier alpha value is -0.790. The predicted molar refractivity (Wildman–Crippen MR) is 56.9 cm³/mol. The molecule has 0 fully saturated rings. The first-order valence-corrected chi connectivity index (χ1v) is 5.49. The summed E-state index contributed by atoms with van der Waals surface area (Å²) in [6.07, 6.45) is 6.68. The Morgan fingerprint density at radius 2 is 2.29 bits per heavy atom. The van der Waals surface area contributed by atoms with E-state index in [1.54, 1.807) is 6.26 Å². The minimum atomic E-state index is -0.221. The lowest BCUT2D eigenvalue weighted by molar-refractivity contribution is -0.123. The molecule has 0 radical (unpaired) electrons. The molecule has 0 bridgehead atoms. The molecule has 0 aliphatic carbocycles. The van der Waals surface area contributed by atoms with Crippen molar-refractivity contribution < 1.29 is 9.53 Å². The highest BCUT2D eigenvalue weighted by molar-refractivity contribution is 5.90. The van der Waals surface area contributed by atoms with Crippen LogP contribution in [0.5, 0.6) is 0 Å². The SMILES string of the molecule is CCC(C)CC1(CC)CC(=O)C=CO1. The molecule has 2 heteroatoms. The molecule has 2 unspecified atom stereocenters. The van der Waals surface area contributed by atoms with Crippen LogP contribution in [-0.2, 0) is 9.53 Å². The van der Waals surface area contributed by atoms with Crippen LogP contribution in [0, 0.1) is 5.92 Å². The van der Waals surface area contributed by atoms with Gasteiger partial charge in [-0.25, -0.2) is 0 Å². The number of allylic oxidation sites excluding steroid dienone is 1. The first-order valence-electron chi connectivity index (χ1n) is 5.49. The molecule has 0 spiro atoms. The summed E-state index contributed by atoms with van der Waals surface area (Å²) in [4.78, 5) is 11.3. The Labute approximate surface area is 86.3 Å². The maximum Gasteiger partial charge on any atom is 0.162 e. The van der Waals surface area contributed by atoms with Crippen LogP contribution in [0.25, 0.3) is 0 Å². The number of carbonyl (C=O) groups excluding carboxylic acids is 1. The van der Waals surface area contributed by atoms with Crippen molar-refractivity contribution in [2.24, 2.45) is 5.92 Å². The van der Waals surface area contributed by atoms with E-state index in [-0.39, 0.29) is 11.4 Å². The number of ether oxygens (including phenoxy) is 1. The molecule has 0 amide bonds. The lowest BCUT2D eigenvalue weighted by Crippen LogP contribution is -2.36. The molecular formula is C12H20O2. The lowest BCUT2D eigenvalue weighted by atomic mass is 9.83. The second-order valence-electron chi connectivity index (χ2n) is 4.32. The van der Waals surface area contributed by atoms with Gasteiger partial charge in [0.2, 0.25) is 0 Å². The van der Waals surface area contributed by atoms with Crippen molar-refractivity contribution in [1.82, 2.24) is 0 Å². The van der Waals surface area contributed by atoms with Crippen LogP contribution in [0.15, 0.2) is 12.3 Å². The third kappa shape index (κ3) is 2.60. The van der Waals surface area contributed by atoms with Crippen LogP contribution < -0.4 is 0 Å². The van der Waals surface area contributed by atoms with Crippen molar-refractivity contribution in [2.45, 2.75) is 52.1 Å². The average molecular weight is 196 g/mol. The second kappa shape index (κ2) is 4.63. The Balaban J connectivity index is 2.67. The first-order chi connectivity index (χ1) is 6.62. The van der Waals surface area contributed by atoms with Crippen molar-refractivity contribution in [3.05, 3.63) is 12.3 Å². The zero-order valence-corrected chi connectivity index (χ0v) is 9.38. The molecule has 2 atom stereocenters. The van der Waals surface area contributed by atoms with Gasteiger partial charge in [0.1, 0.15) is 5.60 Å². The predicted octanol–water partition coefficient (Wildman–Crippen LogP) is 3.07. The molecule has 0 aromatic heterocycles. The van der Waals surface area contributed by atoms with E-state index < -0.39 is 0 Å². The normalized spacial score (nSPS) is 28.6. The maximum atomic E-state index is 11.3. The summed E-state index contributed by atoms with van der Waals surface area (Å²) < 4.78 is 5.66. The van der Waals surface area contributed by atoms with E-state index in [9.17, 15) is 4.79 Å². The fourth-order valence-electron chi connectivity index (χ4n) is 1.92. The van der Waals surface area contributed by atoms with E-state index in [0.717, 1.165) is 19.3 Å². The van der Waals surface area contributed by atoms with Gasteiger partial charge in [0.15, 0.2) is 5.78 Å². The minimum absolute atomic E-state index is 0.196. The summed E-state index contributed by atoms with van der Waals surface area (Å²) in [5.74, 6) is 0.815. The van der Waals surface area contributed by atoms with Crippen LogP contribution in [0.1, 0.15) is 46.5 Å². The van der Waals surface area contributed by atoms with Crippen molar-refractivity contribution in [3.63, 3.8) is 0 Å².